The number of benzene rings is 1. The van der Waals surface area contributed by atoms with Crippen LogP contribution in [0.2, 0.25) is 0 Å². The maximum Gasteiger partial charge on any atom is 0.317 e. The number of hydrogen-bond donors (Lipinski definition) is 1. The van der Waals surface area contributed by atoms with E-state index in [1.807, 2.05) is 42.7 Å². The van der Waals surface area contributed by atoms with Gasteiger partial charge in [0.25, 0.3) is 0 Å². The van der Waals surface area contributed by atoms with Gasteiger partial charge in [0.2, 0.25) is 0 Å². The lowest BCUT2D eigenvalue weighted by Crippen LogP contribution is -2.19. The Balaban J connectivity index is 2.11. The molecule has 0 saturated carbocycles. The molecular formula is C14H14N2O2S2. The van der Waals surface area contributed by atoms with Gasteiger partial charge in [0.1, 0.15) is 21.6 Å². The average molecular weight is 306 g/mol. The summed E-state index contributed by atoms with van der Waals surface area (Å²) < 4.78 is 0. The lowest BCUT2D eigenvalue weighted by Gasteiger charge is -2.11. The lowest BCUT2D eigenvalue weighted by atomic mass is 10.1. The topological polar surface area (TPSA) is 63.1 Å². The molecule has 0 aliphatic heterocycles. The first kappa shape index (κ1) is 14.9. The molecule has 6 heteroatoms. The van der Waals surface area contributed by atoms with E-state index >= 15 is 0 Å². The van der Waals surface area contributed by atoms with Crippen LogP contribution in [0.25, 0.3) is 0 Å². The molecule has 1 heterocycles. The van der Waals surface area contributed by atoms with Gasteiger partial charge in [-0.1, -0.05) is 42.1 Å². The summed E-state index contributed by atoms with van der Waals surface area (Å²) in [6.45, 7) is 0. The number of thioether (sulfide) groups is 2. The summed E-state index contributed by atoms with van der Waals surface area (Å²) >= 11 is 2.77. The van der Waals surface area contributed by atoms with Crippen LogP contribution in [0.1, 0.15) is 5.56 Å². The highest BCUT2D eigenvalue weighted by Crippen LogP contribution is 2.26. The van der Waals surface area contributed by atoms with E-state index in [0.29, 0.717) is 11.4 Å². The molecule has 1 aromatic heterocycles. The molecule has 0 aliphatic rings. The van der Waals surface area contributed by atoms with E-state index in [1.165, 1.54) is 29.9 Å². The average Bonchev–Trinajstić information content (AvgIpc) is 2.48. The highest BCUT2D eigenvalue weighted by atomic mass is 32.2. The van der Waals surface area contributed by atoms with Crippen LogP contribution in [0, 0.1) is 0 Å². The fraction of sp³-hybridized carbons (Fsp3) is 0.214. The second kappa shape index (κ2) is 7.31. The standard InChI is InChI=1S/C14H14N2O2S2/c1-19-12-8-13(16-9-15-12)20-11(14(17)18)7-10-5-3-2-4-6-10/h2-6,8-9,11H,7H2,1H3,(H,17,18). The third-order valence-corrected chi connectivity index (χ3v) is 4.39. The first-order chi connectivity index (χ1) is 9.69. The summed E-state index contributed by atoms with van der Waals surface area (Å²) in [4.78, 5) is 19.6. The number of carboxylic acid groups (broad SMARTS) is 1. The Bertz CT molecular complexity index is 578. The van der Waals surface area contributed by atoms with Crippen LogP contribution in [-0.2, 0) is 11.2 Å². The number of aliphatic carboxylic acids is 1. The third kappa shape index (κ3) is 4.25. The van der Waals surface area contributed by atoms with Crippen LogP contribution >= 0.6 is 23.5 Å². The van der Waals surface area contributed by atoms with Crippen molar-refractivity contribution in [3.8, 4) is 0 Å². The van der Waals surface area contributed by atoms with Gasteiger partial charge in [-0.05, 0) is 18.2 Å². The highest BCUT2D eigenvalue weighted by molar-refractivity contribution is 8.00. The smallest absolute Gasteiger partial charge is 0.317 e. The minimum atomic E-state index is -0.830. The van der Waals surface area contributed by atoms with Gasteiger partial charge in [-0.25, -0.2) is 9.97 Å². The molecule has 1 N–H and O–H groups in total. The van der Waals surface area contributed by atoms with Crippen molar-refractivity contribution in [2.75, 3.05) is 6.26 Å². The number of hydrogen-bond acceptors (Lipinski definition) is 5. The van der Waals surface area contributed by atoms with Gasteiger partial charge in [-0.15, -0.1) is 11.8 Å². The summed E-state index contributed by atoms with van der Waals surface area (Å²) in [6.07, 6.45) is 3.87. The molecule has 0 spiro atoms. The maximum atomic E-state index is 11.4. The largest absolute Gasteiger partial charge is 0.480 e. The van der Waals surface area contributed by atoms with Gasteiger partial charge in [0.05, 0.1) is 0 Å². The Kier molecular flexibility index (Phi) is 5.43. The molecule has 0 amide bonds. The Hall–Kier alpha value is -1.53. The third-order valence-electron chi connectivity index (χ3n) is 2.63. The van der Waals surface area contributed by atoms with Crippen molar-refractivity contribution in [3.05, 3.63) is 48.3 Å². The van der Waals surface area contributed by atoms with Crippen LogP contribution in [0.3, 0.4) is 0 Å². The van der Waals surface area contributed by atoms with E-state index in [9.17, 15) is 9.90 Å². The number of carboxylic acids is 1. The summed E-state index contributed by atoms with van der Waals surface area (Å²) in [7, 11) is 0. The van der Waals surface area contributed by atoms with Crippen molar-refractivity contribution in [1.82, 2.24) is 9.97 Å². The van der Waals surface area contributed by atoms with Gasteiger partial charge >= 0.3 is 5.97 Å². The summed E-state index contributed by atoms with van der Waals surface area (Å²) in [5, 5.41) is 10.3. The minimum Gasteiger partial charge on any atom is -0.480 e. The van der Waals surface area contributed by atoms with E-state index in [1.54, 1.807) is 0 Å². The van der Waals surface area contributed by atoms with Crippen LogP contribution in [0.15, 0.2) is 52.8 Å². The molecule has 0 saturated heterocycles. The number of carbonyl (C=O) groups is 1. The van der Waals surface area contributed by atoms with E-state index in [4.69, 9.17) is 0 Å². The first-order valence-corrected chi connectivity index (χ1v) is 8.09. The molecule has 0 fully saturated rings. The normalized spacial score (nSPS) is 12.1. The van der Waals surface area contributed by atoms with E-state index in [2.05, 4.69) is 9.97 Å². The quantitative estimate of drug-likeness (QED) is 0.654. The van der Waals surface area contributed by atoms with Gasteiger partial charge in [-0.2, -0.15) is 0 Å². The van der Waals surface area contributed by atoms with E-state index < -0.39 is 11.2 Å². The Morgan fingerprint density at radius 2 is 1.95 bits per heavy atom. The molecule has 1 atom stereocenters. The van der Waals surface area contributed by atoms with E-state index in [0.717, 1.165) is 10.6 Å². The summed E-state index contributed by atoms with van der Waals surface area (Å²) in [5.74, 6) is -0.830. The molecule has 0 radical (unpaired) electrons. The number of rotatable bonds is 6. The van der Waals surface area contributed by atoms with Crippen LogP contribution < -0.4 is 0 Å². The predicted molar refractivity (Wildman–Crippen MR) is 81.2 cm³/mol. The zero-order valence-electron chi connectivity index (χ0n) is 10.9. The van der Waals surface area contributed by atoms with Crippen LogP contribution in [0.5, 0.6) is 0 Å². The van der Waals surface area contributed by atoms with Crippen LogP contribution in [-0.4, -0.2) is 32.5 Å². The van der Waals surface area contributed by atoms with Gasteiger partial charge in [-0.3, -0.25) is 4.79 Å². The highest BCUT2D eigenvalue weighted by Gasteiger charge is 2.20. The summed E-state index contributed by atoms with van der Waals surface area (Å²) in [6, 6.07) is 11.4. The van der Waals surface area contributed by atoms with Crippen molar-refractivity contribution in [1.29, 1.82) is 0 Å². The van der Waals surface area contributed by atoms with Gasteiger partial charge in [0.15, 0.2) is 0 Å². The van der Waals surface area contributed by atoms with Crippen molar-refractivity contribution in [2.45, 2.75) is 21.7 Å². The SMILES string of the molecule is CSc1cc(SC(Cc2ccccc2)C(=O)O)ncn1. The molecule has 1 aromatic carbocycles. The number of nitrogens with zero attached hydrogens (tertiary/aromatic N) is 2. The Morgan fingerprint density at radius 1 is 1.25 bits per heavy atom. The molecule has 2 rings (SSSR count). The second-order valence-electron chi connectivity index (χ2n) is 4.03. The zero-order valence-corrected chi connectivity index (χ0v) is 12.5. The Labute approximate surface area is 126 Å². The second-order valence-corrected chi connectivity index (χ2v) is 6.08. The fourth-order valence-corrected chi connectivity index (χ4v) is 3.06. The minimum absolute atomic E-state index is 0.472. The molecule has 1 unspecified atom stereocenters. The lowest BCUT2D eigenvalue weighted by molar-refractivity contribution is -0.136. The molecule has 4 nitrogen and oxygen atoms in total. The molecule has 104 valence electrons. The monoisotopic (exact) mass is 306 g/mol. The molecular weight excluding hydrogens is 292 g/mol. The van der Waals surface area contributed by atoms with Crippen LogP contribution in [0.4, 0.5) is 0 Å². The predicted octanol–water partition coefficient (Wildman–Crippen LogP) is 2.99. The van der Waals surface area contributed by atoms with E-state index in [-0.39, 0.29) is 0 Å². The van der Waals surface area contributed by atoms with Crippen molar-refractivity contribution in [2.24, 2.45) is 0 Å². The maximum absolute atomic E-state index is 11.4. The molecule has 2 aromatic rings. The zero-order chi connectivity index (χ0) is 14.4. The Morgan fingerprint density at radius 3 is 2.60 bits per heavy atom. The van der Waals surface area contributed by atoms with Crippen molar-refractivity contribution < 1.29 is 9.90 Å². The van der Waals surface area contributed by atoms with Crippen molar-refractivity contribution >= 4 is 29.5 Å². The number of aromatic nitrogens is 2. The van der Waals surface area contributed by atoms with Gasteiger partial charge < -0.3 is 5.11 Å². The van der Waals surface area contributed by atoms with Crippen molar-refractivity contribution in [3.63, 3.8) is 0 Å². The molecule has 0 aliphatic carbocycles. The molecule has 0 bridgehead atoms. The van der Waals surface area contributed by atoms with Gasteiger partial charge in [0, 0.05) is 6.07 Å². The summed E-state index contributed by atoms with van der Waals surface area (Å²) in [5.41, 5.74) is 1.01. The fourth-order valence-electron chi connectivity index (χ4n) is 1.65. The first-order valence-electron chi connectivity index (χ1n) is 5.98. The molecule has 20 heavy (non-hydrogen) atoms.